The van der Waals surface area contributed by atoms with Crippen molar-refractivity contribution in [2.24, 2.45) is 0 Å². The molecule has 0 saturated heterocycles. The zero-order chi connectivity index (χ0) is 25.3. The fourth-order valence-corrected chi connectivity index (χ4v) is 5.62. The lowest BCUT2D eigenvalue weighted by atomic mass is 9.71. The van der Waals surface area contributed by atoms with Crippen LogP contribution in [-0.2, 0) is 28.1 Å². The second kappa shape index (κ2) is 7.77. The van der Waals surface area contributed by atoms with Crippen molar-refractivity contribution in [2.75, 3.05) is 0 Å². The molecule has 0 aliphatic rings. The van der Waals surface area contributed by atoms with Crippen molar-refractivity contribution in [3.63, 3.8) is 0 Å². The van der Waals surface area contributed by atoms with Gasteiger partial charge >= 0.3 is 0 Å². The predicted octanol–water partition coefficient (Wildman–Crippen LogP) is 9.06. The van der Waals surface area contributed by atoms with E-state index < -0.39 is 0 Å². The highest BCUT2D eigenvalue weighted by Gasteiger charge is 2.31. The van der Waals surface area contributed by atoms with E-state index >= 15 is 0 Å². The number of fused-ring (bicyclic) bond motifs is 2. The lowest BCUT2D eigenvalue weighted by Crippen LogP contribution is -2.27. The Kier molecular flexibility index (Phi) is 5.63. The third-order valence-electron chi connectivity index (χ3n) is 7.27. The third kappa shape index (κ3) is 4.44. The van der Waals surface area contributed by atoms with Gasteiger partial charge in [0, 0.05) is 22.9 Å². The maximum atomic E-state index is 3.80. The normalized spacial score (nSPS) is 13.9. The van der Waals surface area contributed by atoms with Crippen LogP contribution in [0.5, 0.6) is 0 Å². The van der Waals surface area contributed by atoms with Crippen LogP contribution in [-0.4, -0.2) is 9.97 Å². The van der Waals surface area contributed by atoms with Crippen molar-refractivity contribution in [3.05, 3.63) is 70.5 Å². The SMILES string of the molecule is CC(C)(C)c1cc2cc(CC(C)(C)c3ccc4cc[nH]c4c3C(C)(C)C)[nH]c2cc1C(C)(C)C. The van der Waals surface area contributed by atoms with Gasteiger partial charge in [-0.05, 0) is 85.4 Å². The van der Waals surface area contributed by atoms with Gasteiger partial charge in [0.1, 0.15) is 0 Å². The molecule has 2 nitrogen and oxygen atoms in total. The molecule has 2 heterocycles. The fourth-order valence-electron chi connectivity index (χ4n) is 5.62. The molecule has 0 fully saturated rings. The number of nitrogens with one attached hydrogen (secondary N) is 2. The van der Waals surface area contributed by atoms with Crippen molar-refractivity contribution in [1.29, 1.82) is 0 Å². The van der Waals surface area contributed by atoms with Crippen LogP contribution in [0.25, 0.3) is 21.8 Å². The number of aromatic amines is 2. The van der Waals surface area contributed by atoms with Gasteiger partial charge < -0.3 is 9.97 Å². The minimum absolute atomic E-state index is 0.0114. The summed E-state index contributed by atoms with van der Waals surface area (Å²) in [5.74, 6) is 0. The second-order valence-corrected chi connectivity index (χ2v) is 14.0. The second-order valence-electron chi connectivity index (χ2n) is 14.0. The van der Waals surface area contributed by atoms with E-state index in [2.05, 4.69) is 129 Å². The lowest BCUT2D eigenvalue weighted by Gasteiger charge is -2.33. The van der Waals surface area contributed by atoms with Crippen molar-refractivity contribution >= 4 is 21.8 Å². The summed E-state index contributed by atoms with van der Waals surface area (Å²) >= 11 is 0. The summed E-state index contributed by atoms with van der Waals surface area (Å²) in [6.07, 6.45) is 3.03. The highest BCUT2D eigenvalue weighted by atomic mass is 14.7. The summed E-state index contributed by atoms with van der Waals surface area (Å²) < 4.78 is 0. The summed E-state index contributed by atoms with van der Waals surface area (Å²) in [5.41, 5.74) is 9.84. The number of benzene rings is 2. The number of aromatic nitrogens is 2. The molecule has 0 atom stereocenters. The topological polar surface area (TPSA) is 31.6 Å². The molecule has 0 saturated carbocycles. The third-order valence-corrected chi connectivity index (χ3v) is 7.27. The van der Waals surface area contributed by atoms with Crippen LogP contribution in [0.1, 0.15) is 104 Å². The molecule has 0 aliphatic heterocycles. The number of hydrogen-bond donors (Lipinski definition) is 2. The molecule has 34 heavy (non-hydrogen) atoms. The summed E-state index contributed by atoms with van der Waals surface area (Å²) in [5, 5.41) is 2.61. The van der Waals surface area contributed by atoms with Crippen molar-refractivity contribution < 1.29 is 0 Å². The molecule has 4 rings (SSSR count). The van der Waals surface area contributed by atoms with E-state index in [-0.39, 0.29) is 21.7 Å². The Bertz CT molecular complexity index is 1290. The first kappa shape index (κ1) is 24.6. The van der Waals surface area contributed by atoms with Crippen LogP contribution in [0.4, 0.5) is 0 Å². The minimum atomic E-state index is -0.0114. The van der Waals surface area contributed by atoms with Gasteiger partial charge in [0.2, 0.25) is 0 Å². The van der Waals surface area contributed by atoms with Gasteiger partial charge in [-0.25, -0.2) is 0 Å². The standard InChI is InChI=1S/C32H44N2/c1-29(2,3)24-17-21-16-22(34-26(21)18-25(24)30(4,5)6)19-32(10,11)23-13-12-20-14-15-33-28(20)27(23)31(7,8)9/h12-18,33-34H,19H2,1-11H3. The Balaban J connectivity index is 1.81. The van der Waals surface area contributed by atoms with Gasteiger partial charge in [-0.2, -0.15) is 0 Å². The Morgan fingerprint density at radius 3 is 1.82 bits per heavy atom. The maximum Gasteiger partial charge on any atom is 0.0494 e. The first-order chi connectivity index (χ1) is 15.5. The Labute approximate surface area is 206 Å². The molecule has 4 aromatic rings. The quantitative estimate of drug-likeness (QED) is 0.308. The summed E-state index contributed by atoms with van der Waals surface area (Å²) in [4.78, 5) is 7.32. The number of rotatable bonds is 3. The minimum Gasteiger partial charge on any atom is -0.361 e. The highest BCUT2D eigenvalue weighted by Crippen LogP contribution is 2.41. The molecule has 2 aromatic carbocycles. The molecule has 2 heteroatoms. The van der Waals surface area contributed by atoms with Crippen LogP contribution < -0.4 is 0 Å². The van der Waals surface area contributed by atoms with Gasteiger partial charge in [0.15, 0.2) is 0 Å². The van der Waals surface area contributed by atoms with E-state index in [4.69, 9.17) is 0 Å². The molecular weight excluding hydrogens is 412 g/mol. The zero-order valence-electron chi connectivity index (χ0n) is 23.2. The monoisotopic (exact) mass is 456 g/mol. The molecular formula is C32H44N2. The van der Waals surface area contributed by atoms with Crippen molar-refractivity contribution in [1.82, 2.24) is 9.97 Å². The van der Waals surface area contributed by atoms with E-state index in [0.717, 1.165) is 6.42 Å². The number of hydrogen-bond acceptors (Lipinski definition) is 0. The predicted molar refractivity (Wildman–Crippen MR) is 149 cm³/mol. The van der Waals surface area contributed by atoms with Gasteiger partial charge in [0.05, 0.1) is 0 Å². The molecule has 0 spiro atoms. The molecule has 2 aromatic heterocycles. The smallest absolute Gasteiger partial charge is 0.0494 e. The summed E-state index contributed by atoms with van der Waals surface area (Å²) in [6, 6.07) is 14.0. The van der Waals surface area contributed by atoms with Crippen molar-refractivity contribution in [3.8, 4) is 0 Å². The maximum absolute atomic E-state index is 3.80. The largest absolute Gasteiger partial charge is 0.361 e. The van der Waals surface area contributed by atoms with Gasteiger partial charge in [-0.3, -0.25) is 0 Å². The fraction of sp³-hybridized carbons (Fsp3) is 0.500. The zero-order valence-corrected chi connectivity index (χ0v) is 23.2. The molecule has 2 N–H and O–H groups in total. The summed E-state index contributed by atoms with van der Waals surface area (Å²) in [7, 11) is 0. The lowest BCUT2D eigenvalue weighted by molar-refractivity contribution is 0.490. The van der Waals surface area contributed by atoms with E-state index in [9.17, 15) is 0 Å². The van der Waals surface area contributed by atoms with E-state index in [1.165, 1.54) is 49.8 Å². The van der Waals surface area contributed by atoms with Gasteiger partial charge in [-0.1, -0.05) is 88.3 Å². The molecule has 0 unspecified atom stereocenters. The van der Waals surface area contributed by atoms with Gasteiger partial charge in [0.25, 0.3) is 0 Å². The first-order valence-corrected chi connectivity index (χ1v) is 12.8. The van der Waals surface area contributed by atoms with Crippen LogP contribution in [0, 0.1) is 0 Å². The average Bonchev–Trinajstić information content (AvgIpc) is 3.28. The van der Waals surface area contributed by atoms with Crippen LogP contribution in [0.15, 0.2) is 42.6 Å². The van der Waals surface area contributed by atoms with E-state index in [0.29, 0.717) is 0 Å². The Morgan fingerprint density at radius 2 is 1.24 bits per heavy atom. The van der Waals surface area contributed by atoms with Gasteiger partial charge in [-0.15, -0.1) is 0 Å². The molecule has 182 valence electrons. The highest BCUT2D eigenvalue weighted by molar-refractivity contribution is 5.85. The first-order valence-electron chi connectivity index (χ1n) is 12.8. The Hall–Kier alpha value is -2.48. The molecule has 0 radical (unpaired) electrons. The molecule has 0 aliphatic carbocycles. The molecule has 0 bridgehead atoms. The van der Waals surface area contributed by atoms with E-state index in [1.807, 2.05) is 0 Å². The van der Waals surface area contributed by atoms with Crippen LogP contribution in [0.3, 0.4) is 0 Å². The van der Waals surface area contributed by atoms with E-state index in [1.54, 1.807) is 0 Å². The average molecular weight is 457 g/mol. The van der Waals surface area contributed by atoms with Crippen LogP contribution >= 0.6 is 0 Å². The Morgan fingerprint density at radius 1 is 0.618 bits per heavy atom. The summed E-state index contributed by atoms with van der Waals surface area (Å²) in [6.45, 7) is 25.7. The van der Waals surface area contributed by atoms with Crippen molar-refractivity contribution in [2.45, 2.75) is 104 Å². The number of H-pyrrole nitrogens is 2. The van der Waals surface area contributed by atoms with Crippen LogP contribution in [0.2, 0.25) is 0 Å². The molecule has 0 amide bonds.